The predicted molar refractivity (Wildman–Crippen MR) is 82.3 cm³/mol. The number of imidazole rings is 1. The normalized spacial score (nSPS) is 10.8. The smallest absolute Gasteiger partial charge is 0.335 e. The van der Waals surface area contributed by atoms with Gasteiger partial charge in [-0.25, -0.2) is 9.78 Å². The fourth-order valence-electron chi connectivity index (χ4n) is 2.28. The van der Waals surface area contributed by atoms with Crippen LogP contribution in [0.15, 0.2) is 36.4 Å². The van der Waals surface area contributed by atoms with Gasteiger partial charge in [0.1, 0.15) is 0 Å². The van der Waals surface area contributed by atoms with Gasteiger partial charge in [0.2, 0.25) is 5.95 Å². The van der Waals surface area contributed by atoms with Gasteiger partial charge >= 0.3 is 5.97 Å². The van der Waals surface area contributed by atoms with E-state index < -0.39 is 5.97 Å². The summed E-state index contributed by atoms with van der Waals surface area (Å²) in [6.07, 6.45) is 0. The van der Waals surface area contributed by atoms with Gasteiger partial charge in [0.05, 0.1) is 16.6 Å². The SMILES string of the molecule is Cc1ccc(Nc2nc3ccc(C(=O)O)cc3[nH]2)c(C)c1. The predicted octanol–water partition coefficient (Wildman–Crippen LogP) is 3.62. The Hall–Kier alpha value is -2.82. The Kier molecular flexibility index (Phi) is 3.10. The lowest BCUT2D eigenvalue weighted by atomic mass is 10.1. The van der Waals surface area contributed by atoms with Gasteiger partial charge < -0.3 is 15.4 Å². The number of aromatic nitrogens is 2. The number of carbonyl (C=O) groups is 1. The van der Waals surface area contributed by atoms with Crippen LogP contribution in [0.2, 0.25) is 0 Å². The second-order valence-electron chi connectivity index (χ2n) is 5.07. The number of hydrogen-bond donors (Lipinski definition) is 3. The number of aryl methyl sites for hydroxylation is 2. The quantitative estimate of drug-likeness (QED) is 0.685. The van der Waals surface area contributed by atoms with E-state index in [9.17, 15) is 4.79 Å². The second kappa shape index (κ2) is 4.94. The first kappa shape index (κ1) is 13.2. The van der Waals surface area contributed by atoms with E-state index in [2.05, 4.69) is 21.4 Å². The lowest BCUT2D eigenvalue weighted by molar-refractivity contribution is 0.0697. The number of fused-ring (bicyclic) bond motifs is 1. The molecule has 0 amide bonds. The van der Waals surface area contributed by atoms with Crippen LogP contribution in [-0.4, -0.2) is 21.0 Å². The van der Waals surface area contributed by atoms with E-state index in [-0.39, 0.29) is 5.56 Å². The van der Waals surface area contributed by atoms with Crippen molar-refractivity contribution in [2.45, 2.75) is 13.8 Å². The summed E-state index contributed by atoms with van der Waals surface area (Å²) in [6.45, 7) is 4.08. The molecule has 5 nitrogen and oxygen atoms in total. The summed E-state index contributed by atoms with van der Waals surface area (Å²) in [6, 6.07) is 10.9. The van der Waals surface area contributed by atoms with E-state index in [1.807, 2.05) is 26.0 Å². The van der Waals surface area contributed by atoms with Crippen molar-refractivity contribution in [2.24, 2.45) is 0 Å². The minimum atomic E-state index is -0.949. The van der Waals surface area contributed by atoms with E-state index in [4.69, 9.17) is 5.11 Å². The molecule has 0 fully saturated rings. The third-order valence-corrected chi connectivity index (χ3v) is 3.36. The van der Waals surface area contributed by atoms with Crippen molar-refractivity contribution in [1.82, 2.24) is 9.97 Å². The van der Waals surface area contributed by atoms with Gasteiger partial charge in [-0.2, -0.15) is 0 Å². The summed E-state index contributed by atoms with van der Waals surface area (Å²) in [7, 11) is 0. The van der Waals surface area contributed by atoms with Gasteiger partial charge in [-0.15, -0.1) is 0 Å². The van der Waals surface area contributed by atoms with Gasteiger partial charge in [0.15, 0.2) is 0 Å². The highest BCUT2D eigenvalue weighted by Gasteiger charge is 2.08. The number of nitrogens with one attached hydrogen (secondary N) is 2. The Morgan fingerprint density at radius 3 is 2.71 bits per heavy atom. The average Bonchev–Trinajstić information content (AvgIpc) is 2.83. The summed E-state index contributed by atoms with van der Waals surface area (Å²) in [5.74, 6) is -0.352. The van der Waals surface area contributed by atoms with E-state index in [0.29, 0.717) is 11.5 Å². The maximum Gasteiger partial charge on any atom is 0.335 e. The third kappa shape index (κ3) is 2.58. The molecule has 0 saturated heterocycles. The molecular weight excluding hydrogens is 266 g/mol. The standard InChI is InChI=1S/C16H15N3O2/c1-9-3-5-12(10(2)7-9)17-16-18-13-6-4-11(15(20)21)8-14(13)19-16/h3-8H,1-2H3,(H,20,21)(H2,17,18,19). The largest absolute Gasteiger partial charge is 0.478 e. The average molecular weight is 281 g/mol. The van der Waals surface area contributed by atoms with Crippen LogP contribution in [0, 0.1) is 13.8 Å². The lowest BCUT2D eigenvalue weighted by Gasteiger charge is -2.07. The Labute approximate surface area is 121 Å². The van der Waals surface area contributed by atoms with Crippen LogP contribution in [0.25, 0.3) is 11.0 Å². The molecule has 3 N–H and O–H groups in total. The number of anilines is 2. The number of aromatic carboxylic acids is 1. The van der Waals surface area contributed by atoms with Gasteiger partial charge in [-0.3, -0.25) is 0 Å². The molecule has 1 heterocycles. The number of nitrogens with zero attached hydrogens (tertiary/aromatic N) is 1. The molecule has 0 aliphatic carbocycles. The van der Waals surface area contributed by atoms with Crippen molar-refractivity contribution in [3.05, 3.63) is 53.1 Å². The molecule has 2 aromatic carbocycles. The molecule has 0 bridgehead atoms. The summed E-state index contributed by atoms with van der Waals surface area (Å²) >= 11 is 0. The fourth-order valence-corrected chi connectivity index (χ4v) is 2.28. The van der Waals surface area contributed by atoms with Crippen LogP contribution in [0.3, 0.4) is 0 Å². The minimum Gasteiger partial charge on any atom is -0.478 e. The maximum atomic E-state index is 11.0. The monoisotopic (exact) mass is 281 g/mol. The first-order chi connectivity index (χ1) is 10.0. The highest BCUT2D eigenvalue weighted by molar-refractivity contribution is 5.92. The van der Waals surface area contributed by atoms with Gasteiger partial charge in [-0.05, 0) is 43.7 Å². The van der Waals surface area contributed by atoms with Crippen LogP contribution in [0.1, 0.15) is 21.5 Å². The van der Waals surface area contributed by atoms with Crippen LogP contribution in [-0.2, 0) is 0 Å². The summed E-state index contributed by atoms with van der Waals surface area (Å²) in [5, 5.41) is 12.2. The first-order valence-corrected chi connectivity index (χ1v) is 6.60. The zero-order valence-corrected chi connectivity index (χ0v) is 11.8. The molecule has 0 atom stereocenters. The minimum absolute atomic E-state index is 0.240. The van der Waals surface area contributed by atoms with Gasteiger partial charge in [-0.1, -0.05) is 17.7 Å². The number of carboxylic acid groups (broad SMARTS) is 1. The molecular formula is C16H15N3O2. The molecule has 3 rings (SSSR count). The molecule has 106 valence electrons. The Balaban J connectivity index is 1.95. The van der Waals surface area contributed by atoms with E-state index >= 15 is 0 Å². The van der Waals surface area contributed by atoms with Crippen molar-refractivity contribution in [3.8, 4) is 0 Å². The number of benzene rings is 2. The fraction of sp³-hybridized carbons (Fsp3) is 0.125. The molecule has 0 aliphatic heterocycles. The van der Waals surface area contributed by atoms with Crippen molar-refractivity contribution in [3.63, 3.8) is 0 Å². The van der Waals surface area contributed by atoms with Crippen LogP contribution < -0.4 is 5.32 Å². The van der Waals surface area contributed by atoms with Crippen molar-refractivity contribution in [1.29, 1.82) is 0 Å². The maximum absolute atomic E-state index is 11.0. The van der Waals surface area contributed by atoms with Crippen LogP contribution >= 0.6 is 0 Å². The number of H-pyrrole nitrogens is 1. The van der Waals surface area contributed by atoms with Crippen molar-refractivity contribution >= 4 is 28.6 Å². The Morgan fingerprint density at radius 2 is 2.00 bits per heavy atom. The van der Waals surface area contributed by atoms with E-state index in [0.717, 1.165) is 16.8 Å². The van der Waals surface area contributed by atoms with Crippen molar-refractivity contribution in [2.75, 3.05) is 5.32 Å². The molecule has 0 unspecified atom stereocenters. The van der Waals surface area contributed by atoms with E-state index in [1.54, 1.807) is 18.2 Å². The molecule has 1 aromatic heterocycles. The van der Waals surface area contributed by atoms with Gasteiger partial charge in [0, 0.05) is 5.69 Å². The zero-order chi connectivity index (χ0) is 15.0. The van der Waals surface area contributed by atoms with Crippen LogP contribution in [0.4, 0.5) is 11.6 Å². The van der Waals surface area contributed by atoms with E-state index in [1.165, 1.54) is 5.56 Å². The number of hydrogen-bond acceptors (Lipinski definition) is 3. The van der Waals surface area contributed by atoms with Gasteiger partial charge in [0.25, 0.3) is 0 Å². The molecule has 21 heavy (non-hydrogen) atoms. The zero-order valence-electron chi connectivity index (χ0n) is 11.8. The third-order valence-electron chi connectivity index (χ3n) is 3.36. The number of rotatable bonds is 3. The van der Waals surface area contributed by atoms with Crippen LogP contribution in [0.5, 0.6) is 0 Å². The highest BCUT2D eigenvalue weighted by atomic mass is 16.4. The first-order valence-electron chi connectivity index (χ1n) is 6.60. The molecule has 0 radical (unpaired) electrons. The summed E-state index contributed by atoms with van der Waals surface area (Å²) in [5.41, 5.74) is 4.96. The summed E-state index contributed by atoms with van der Waals surface area (Å²) < 4.78 is 0. The molecule has 0 aliphatic rings. The molecule has 3 aromatic rings. The van der Waals surface area contributed by atoms with Crippen molar-refractivity contribution < 1.29 is 9.90 Å². The molecule has 0 spiro atoms. The Bertz CT molecular complexity index is 837. The second-order valence-corrected chi connectivity index (χ2v) is 5.07. The highest BCUT2D eigenvalue weighted by Crippen LogP contribution is 2.22. The number of carboxylic acids is 1. The molecule has 0 saturated carbocycles. The summed E-state index contributed by atoms with van der Waals surface area (Å²) in [4.78, 5) is 18.5. The Morgan fingerprint density at radius 1 is 1.19 bits per heavy atom. The number of aromatic amines is 1. The molecule has 5 heteroatoms. The topological polar surface area (TPSA) is 78.0 Å². The lowest BCUT2D eigenvalue weighted by Crippen LogP contribution is -1.95.